The molecule has 0 aliphatic carbocycles. The molecule has 0 unspecified atom stereocenters. The quantitative estimate of drug-likeness (QED) is 0.631. The van der Waals surface area contributed by atoms with Crippen LogP contribution in [0.2, 0.25) is 0 Å². The number of hydrogen-bond acceptors (Lipinski definition) is 2. The number of carboxylic acids is 1. The first-order valence-electron chi connectivity index (χ1n) is 9.10. The second-order valence-corrected chi connectivity index (χ2v) is 6.65. The normalized spacial score (nSPS) is 11.2. The number of aryl methyl sites for hydroxylation is 2. The van der Waals surface area contributed by atoms with Crippen LogP contribution in [0.1, 0.15) is 45.4 Å². The smallest absolute Gasteiger partial charge is 0.335 e. The van der Waals surface area contributed by atoms with E-state index in [4.69, 9.17) is 5.11 Å². The number of rotatable bonds is 6. The summed E-state index contributed by atoms with van der Waals surface area (Å²) in [5, 5.41) is 8.95. The minimum atomic E-state index is -0.913. The highest BCUT2D eigenvalue weighted by Crippen LogP contribution is 2.20. The van der Waals surface area contributed by atoms with E-state index in [-0.39, 0.29) is 0 Å². The molecule has 138 valence electrons. The van der Waals surface area contributed by atoms with Gasteiger partial charge in [0, 0.05) is 28.9 Å². The largest absolute Gasteiger partial charge is 0.478 e. The summed E-state index contributed by atoms with van der Waals surface area (Å²) in [4.78, 5) is 15.4. The first kappa shape index (κ1) is 18.6. The molecule has 0 amide bonds. The van der Waals surface area contributed by atoms with Gasteiger partial charge in [0.1, 0.15) is 0 Å². The van der Waals surface area contributed by atoms with Crippen LogP contribution in [0.25, 0.3) is 5.69 Å². The third-order valence-corrected chi connectivity index (χ3v) is 4.78. The Balaban J connectivity index is 1.77. The molecule has 0 spiro atoms. The Kier molecular flexibility index (Phi) is 5.55. The van der Waals surface area contributed by atoms with Gasteiger partial charge in [0.05, 0.1) is 12.1 Å². The second-order valence-electron chi connectivity index (χ2n) is 6.65. The number of aromatic nitrogens is 1. The Hall–Kier alpha value is -3.14. The Morgan fingerprint density at radius 2 is 1.67 bits per heavy atom. The van der Waals surface area contributed by atoms with Gasteiger partial charge in [0.25, 0.3) is 0 Å². The Labute approximate surface area is 159 Å². The monoisotopic (exact) mass is 360 g/mol. The van der Waals surface area contributed by atoms with E-state index in [0.717, 1.165) is 28.9 Å². The van der Waals surface area contributed by atoms with Gasteiger partial charge in [-0.3, -0.25) is 4.99 Å². The fraction of sp³-hybridized carbons (Fsp3) is 0.217. The predicted octanol–water partition coefficient (Wildman–Crippen LogP) is 4.97. The van der Waals surface area contributed by atoms with E-state index >= 15 is 0 Å². The van der Waals surface area contributed by atoms with Crippen molar-refractivity contribution in [2.75, 3.05) is 0 Å². The van der Waals surface area contributed by atoms with Gasteiger partial charge in [0.2, 0.25) is 0 Å². The molecule has 1 aromatic heterocycles. The molecule has 4 nitrogen and oxygen atoms in total. The maximum absolute atomic E-state index is 10.9. The second kappa shape index (κ2) is 8.04. The molecule has 0 saturated carbocycles. The highest BCUT2D eigenvalue weighted by Gasteiger charge is 2.09. The highest BCUT2D eigenvalue weighted by molar-refractivity contribution is 5.87. The molecule has 1 heterocycles. The topological polar surface area (TPSA) is 54.6 Å². The summed E-state index contributed by atoms with van der Waals surface area (Å²) in [6, 6.07) is 17.6. The van der Waals surface area contributed by atoms with E-state index in [0.29, 0.717) is 12.1 Å². The first-order valence-corrected chi connectivity index (χ1v) is 9.10. The molecule has 3 aromatic rings. The first-order chi connectivity index (χ1) is 13.0. The van der Waals surface area contributed by atoms with Crippen molar-refractivity contribution in [3.8, 4) is 5.69 Å². The lowest BCUT2D eigenvalue weighted by molar-refractivity contribution is 0.0697. The third-order valence-electron chi connectivity index (χ3n) is 4.78. The fourth-order valence-corrected chi connectivity index (χ4v) is 3.20. The zero-order chi connectivity index (χ0) is 19.4. The van der Waals surface area contributed by atoms with Crippen molar-refractivity contribution in [3.63, 3.8) is 0 Å². The molecule has 0 aliphatic heterocycles. The standard InChI is InChI=1S/C23H24N2O2/c1-4-18-7-11-22(12-8-18)25-16(2)13-21(17(25)3)15-24-14-19-5-9-20(10-6-19)23(26)27/h5-13,15H,4,14H2,1-3H3,(H,26,27). The van der Waals surface area contributed by atoms with Crippen molar-refractivity contribution in [3.05, 3.63) is 88.2 Å². The Bertz CT molecular complexity index is 965. The van der Waals surface area contributed by atoms with Crippen LogP contribution in [0.3, 0.4) is 0 Å². The van der Waals surface area contributed by atoms with Gasteiger partial charge in [-0.15, -0.1) is 0 Å². The molecule has 27 heavy (non-hydrogen) atoms. The molecule has 0 saturated heterocycles. The summed E-state index contributed by atoms with van der Waals surface area (Å²) in [7, 11) is 0. The summed E-state index contributed by atoms with van der Waals surface area (Å²) >= 11 is 0. The number of aliphatic imine (C=N–C) groups is 1. The van der Waals surface area contributed by atoms with Crippen LogP contribution in [0.15, 0.2) is 59.6 Å². The van der Waals surface area contributed by atoms with Crippen LogP contribution in [0.5, 0.6) is 0 Å². The van der Waals surface area contributed by atoms with Crippen molar-refractivity contribution < 1.29 is 9.90 Å². The summed E-state index contributed by atoms with van der Waals surface area (Å²) in [6.07, 6.45) is 2.93. The van der Waals surface area contributed by atoms with Gasteiger partial charge in [-0.2, -0.15) is 0 Å². The number of carbonyl (C=O) groups is 1. The van der Waals surface area contributed by atoms with Crippen molar-refractivity contribution >= 4 is 12.2 Å². The molecule has 0 fully saturated rings. The van der Waals surface area contributed by atoms with E-state index in [1.807, 2.05) is 6.21 Å². The number of hydrogen-bond donors (Lipinski definition) is 1. The van der Waals surface area contributed by atoms with Crippen LogP contribution in [0.4, 0.5) is 0 Å². The molecule has 4 heteroatoms. The summed E-state index contributed by atoms with van der Waals surface area (Å²) < 4.78 is 2.24. The number of aromatic carboxylic acids is 1. The van der Waals surface area contributed by atoms with Gasteiger partial charge in [0.15, 0.2) is 0 Å². The van der Waals surface area contributed by atoms with Gasteiger partial charge in [-0.1, -0.05) is 31.2 Å². The minimum Gasteiger partial charge on any atom is -0.478 e. The molecular formula is C23H24N2O2. The van der Waals surface area contributed by atoms with Crippen molar-refractivity contribution in [2.24, 2.45) is 4.99 Å². The number of benzene rings is 2. The van der Waals surface area contributed by atoms with Gasteiger partial charge in [-0.25, -0.2) is 4.79 Å². The summed E-state index contributed by atoms with van der Waals surface area (Å²) in [6.45, 7) is 6.88. The molecule has 0 bridgehead atoms. The summed E-state index contributed by atoms with van der Waals surface area (Å²) in [5.74, 6) is -0.913. The predicted molar refractivity (Wildman–Crippen MR) is 109 cm³/mol. The zero-order valence-corrected chi connectivity index (χ0v) is 15.9. The van der Waals surface area contributed by atoms with Gasteiger partial charge >= 0.3 is 5.97 Å². The van der Waals surface area contributed by atoms with Gasteiger partial charge in [-0.05, 0) is 61.7 Å². The highest BCUT2D eigenvalue weighted by atomic mass is 16.4. The van der Waals surface area contributed by atoms with E-state index < -0.39 is 5.97 Å². The number of carboxylic acid groups (broad SMARTS) is 1. The Morgan fingerprint density at radius 1 is 1.04 bits per heavy atom. The van der Waals surface area contributed by atoms with E-state index in [1.165, 1.54) is 11.3 Å². The minimum absolute atomic E-state index is 0.292. The van der Waals surface area contributed by atoms with Crippen LogP contribution < -0.4 is 0 Å². The lowest BCUT2D eigenvalue weighted by Gasteiger charge is -2.10. The van der Waals surface area contributed by atoms with Gasteiger partial charge < -0.3 is 9.67 Å². The maximum Gasteiger partial charge on any atom is 0.335 e. The molecular weight excluding hydrogens is 336 g/mol. The number of nitrogens with zero attached hydrogens (tertiary/aromatic N) is 2. The van der Waals surface area contributed by atoms with E-state index in [9.17, 15) is 4.79 Å². The van der Waals surface area contributed by atoms with E-state index in [2.05, 4.69) is 60.7 Å². The van der Waals surface area contributed by atoms with Crippen LogP contribution in [0, 0.1) is 13.8 Å². The average Bonchev–Trinajstić information content (AvgIpc) is 2.96. The molecule has 0 radical (unpaired) electrons. The Morgan fingerprint density at radius 3 is 2.26 bits per heavy atom. The molecule has 1 N–H and O–H groups in total. The summed E-state index contributed by atoms with van der Waals surface area (Å²) in [5.41, 5.74) is 7.18. The lowest BCUT2D eigenvalue weighted by Crippen LogP contribution is -1.99. The zero-order valence-electron chi connectivity index (χ0n) is 15.9. The van der Waals surface area contributed by atoms with E-state index in [1.54, 1.807) is 24.3 Å². The maximum atomic E-state index is 10.9. The molecule has 0 aliphatic rings. The third kappa shape index (κ3) is 4.17. The average molecular weight is 360 g/mol. The molecule has 2 aromatic carbocycles. The van der Waals surface area contributed by atoms with Crippen molar-refractivity contribution in [1.82, 2.24) is 4.57 Å². The molecule has 3 rings (SSSR count). The SMILES string of the molecule is CCc1ccc(-n2c(C)cc(C=NCc3ccc(C(=O)O)cc3)c2C)cc1. The van der Waals surface area contributed by atoms with Crippen LogP contribution in [-0.4, -0.2) is 21.9 Å². The van der Waals surface area contributed by atoms with Crippen molar-refractivity contribution in [2.45, 2.75) is 33.7 Å². The van der Waals surface area contributed by atoms with Crippen LogP contribution in [-0.2, 0) is 13.0 Å². The fourth-order valence-electron chi connectivity index (χ4n) is 3.20. The van der Waals surface area contributed by atoms with Crippen LogP contribution >= 0.6 is 0 Å². The van der Waals surface area contributed by atoms with Crippen molar-refractivity contribution in [1.29, 1.82) is 0 Å². The lowest BCUT2D eigenvalue weighted by atomic mass is 10.1. The molecule has 0 atom stereocenters.